The van der Waals surface area contributed by atoms with Gasteiger partial charge in [0.05, 0.1) is 22.2 Å². The number of methoxy groups -OCH3 is 1. The largest absolute Gasteiger partial charge is 0.497 e. The fourth-order valence-electron chi connectivity index (χ4n) is 3.01. The molecule has 2 aromatic heterocycles. The standard InChI is InChI=1S/C21H20N6O3S/c1-12(2)13-4-6-14(7-5-13)24-19-18(27(28)29)20(23-11-22-19)26-21-25-16-9-8-15(30-3)10-17(16)31-21/h4-12H,1-3H3,(H2,22,23,24,25,26). The summed E-state index contributed by atoms with van der Waals surface area (Å²) in [7, 11) is 1.59. The summed E-state index contributed by atoms with van der Waals surface area (Å²) in [5.74, 6) is 1.27. The van der Waals surface area contributed by atoms with Crippen molar-refractivity contribution in [2.45, 2.75) is 19.8 Å². The van der Waals surface area contributed by atoms with Crippen molar-refractivity contribution in [3.05, 3.63) is 64.5 Å². The van der Waals surface area contributed by atoms with Gasteiger partial charge in [-0.15, -0.1) is 0 Å². The van der Waals surface area contributed by atoms with Gasteiger partial charge in [0, 0.05) is 5.69 Å². The minimum absolute atomic E-state index is 0.0623. The normalized spacial score (nSPS) is 11.0. The van der Waals surface area contributed by atoms with Crippen molar-refractivity contribution >= 4 is 49.7 Å². The Balaban J connectivity index is 1.65. The average molecular weight is 436 g/mol. The van der Waals surface area contributed by atoms with Gasteiger partial charge in [0.15, 0.2) is 5.13 Å². The Labute approximate surface area is 182 Å². The Bertz CT molecular complexity index is 1240. The lowest BCUT2D eigenvalue weighted by Crippen LogP contribution is -2.05. The highest BCUT2D eigenvalue weighted by Gasteiger charge is 2.24. The third-order valence-corrected chi connectivity index (χ3v) is 5.60. The van der Waals surface area contributed by atoms with Gasteiger partial charge in [-0.1, -0.05) is 37.3 Å². The first-order valence-corrected chi connectivity index (χ1v) is 10.3. The predicted octanol–water partition coefficient (Wildman–Crippen LogP) is 5.61. The second-order valence-corrected chi connectivity index (χ2v) is 8.09. The van der Waals surface area contributed by atoms with E-state index in [2.05, 4.69) is 39.4 Å². The molecule has 0 saturated heterocycles. The van der Waals surface area contributed by atoms with Gasteiger partial charge in [0.25, 0.3) is 0 Å². The van der Waals surface area contributed by atoms with Crippen molar-refractivity contribution in [3.63, 3.8) is 0 Å². The van der Waals surface area contributed by atoms with Gasteiger partial charge < -0.3 is 15.4 Å². The highest BCUT2D eigenvalue weighted by Crippen LogP contribution is 2.36. The van der Waals surface area contributed by atoms with Crippen molar-refractivity contribution in [3.8, 4) is 5.75 Å². The lowest BCUT2D eigenvalue weighted by Gasteiger charge is -2.10. The van der Waals surface area contributed by atoms with Crippen LogP contribution in [0, 0.1) is 10.1 Å². The number of hydrogen-bond donors (Lipinski definition) is 2. The van der Waals surface area contributed by atoms with E-state index < -0.39 is 4.92 Å². The number of fused-ring (bicyclic) bond motifs is 1. The molecule has 0 unspecified atom stereocenters. The van der Waals surface area contributed by atoms with Crippen molar-refractivity contribution < 1.29 is 9.66 Å². The molecule has 2 heterocycles. The third-order valence-electron chi connectivity index (χ3n) is 4.67. The van der Waals surface area contributed by atoms with Gasteiger partial charge in [0.1, 0.15) is 12.1 Å². The second kappa shape index (κ2) is 8.52. The van der Waals surface area contributed by atoms with E-state index in [1.807, 2.05) is 42.5 Å². The summed E-state index contributed by atoms with van der Waals surface area (Å²) in [4.78, 5) is 24.0. The first-order chi connectivity index (χ1) is 14.9. The summed E-state index contributed by atoms with van der Waals surface area (Å²) in [5.41, 5.74) is 2.38. The molecule has 4 aromatic rings. The van der Waals surface area contributed by atoms with E-state index in [0.717, 1.165) is 10.2 Å². The van der Waals surface area contributed by atoms with Gasteiger partial charge in [-0.2, -0.15) is 0 Å². The Morgan fingerprint density at radius 2 is 1.77 bits per heavy atom. The lowest BCUT2D eigenvalue weighted by molar-refractivity contribution is -0.383. The topological polar surface area (TPSA) is 115 Å². The second-order valence-electron chi connectivity index (χ2n) is 7.06. The summed E-state index contributed by atoms with van der Waals surface area (Å²) in [6.45, 7) is 4.21. The molecule has 0 amide bonds. The molecule has 0 aliphatic heterocycles. The molecule has 2 N–H and O–H groups in total. The van der Waals surface area contributed by atoms with E-state index >= 15 is 0 Å². The van der Waals surface area contributed by atoms with Gasteiger partial charge in [-0.3, -0.25) is 10.1 Å². The van der Waals surface area contributed by atoms with E-state index in [4.69, 9.17) is 4.74 Å². The molecule has 0 saturated carbocycles. The van der Waals surface area contributed by atoms with Gasteiger partial charge in [-0.25, -0.2) is 15.0 Å². The van der Waals surface area contributed by atoms with E-state index in [-0.39, 0.29) is 17.3 Å². The fraction of sp³-hybridized carbons (Fsp3) is 0.190. The third kappa shape index (κ3) is 4.38. The Hall–Kier alpha value is -3.79. The first-order valence-electron chi connectivity index (χ1n) is 9.52. The van der Waals surface area contributed by atoms with Crippen LogP contribution in [-0.2, 0) is 0 Å². The number of nitro groups is 1. The van der Waals surface area contributed by atoms with Crippen LogP contribution in [-0.4, -0.2) is 27.0 Å². The Morgan fingerprint density at radius 1 is 1.06 bits per heavy atom. The molecule has 158 valence electrons. The smallest absolute Gasteiger partial charge is 0.353 e. The molecule has 0 atom stereocenters. The molecule has 10 heteroatoms. The van der Waals surface area contributed by atoms with Crippen LogP contribution in [0.1, 0.15) is 25.3 Å². The number of hydrogen-bond acceptors (Lipinski definition) is 9. The van der Waals surface area contributed by atoms with Crippen LogP contribution in [0.25, 0.3) is 10.2 Å². The zero-order valence-corrected chi connectivity index (χ0v) is 17.9. The van der Waals surface area contributed by atoms with Crippen molar-refractivity contribution in [1.29, 1.82) is 0 Å². The van der Waals surface area contributed by atoms with Crippen molar-refractivity contribution in [1.82, 2.24) is 15.0 Å². The molecule has 2 aromatic carbocycles. The number of aromatic nitrogens is 3. The maximum Gasteiger partial charge on any atom is 0.353 e. The number of anilines is 4. The number of ether oxygens (including phenoxy) is 1. The van der Waals surface area contributed by atoms with Crippen LogP contribution in [0.3, 0.4) is 0 Å². The molecular weight excluding hydrogens is 416 g/mol. The molecule has 31 heavy (non-hydrogen) atoms. The van der Waals surface area contributed by atoms with Crippen molar-refractivity contribution in [2.24, 2.45) is 0 Å². The van der Waals surface area contributed by atoms with Crippen molar-refractivity contribution in [2.75, 3.05) is 17.7 Å². The molecule has 4 rings (SSSR count). The maximum absolute atomic E-state index is 11.8. The Kier molecular flexibility index (Phi) is 5.63. The van der Waals surface area contributed by atoms with E-state index in [0.29, 0.717) is 22.5 Å². The van der Waals surface area contributed by atoms with Crippen LogP contribution in [0.4, 0.5) is 28.1 Å². The van der Waals surface area contributed by atoms with Crippen LogP contribution >= 0.6 is 11.3 Å². The van der Waals surface area contributed by atoms with Crippen LogP contribution in [0.2, 0.25) is 0 Å². The number of nitrogens with one attached hydrogen (secondary N) is 2. The zero-order chi connectivity index (χ0) is 22.0. The molecule has 0 bridgehead atoms. The summed E-state index contributed by atoms with van der Waals surface area (Å²) in [6, 6.07) is 13.2. The monoisotopic (exact) mass is 436 g/mol. The van der Waals surface area contributed by atoms with E-state index in [9.17, 15) is 10.1 Å². The molecule has 0 spiro atoms. The fourth-order valence-corrected chi connectivity index (χ4v) is 3.90. The van der Waals surface area contributed by atoms with Gasteiger partial charge in [-0.05, 0) is 41.8 Å². The summed E-state index contributed by atoms with van der Waals surface area (Å²) >= 11 is 1.35. The highest BCUT2D eigenvalue weighted by atomic mass is 32.1. The zero-order valence-electron chi connectivity index (χ0n) is 17.1. The maximum atomic E-state index is 11.8. The number of rotatable bonds is 7. The molecule has 0 aliphatic carbocycles. The molecule has 0 fully saturated rings. The summed E-state index contributed by atoms with van der Waals surface area (Å²) in [5, 5.41) is 18.3. The number of nitrogens with zero attached hydrogens (tertiary/aromatic N) is 4. The highest BCUT2D eigenvalue weighted by molar-refractivity contribution is 7.22. The van der Waals surface area contributed by atoms with E-state index in [1.165, 1.54) is 23.2 Å². The molecule has 9 nitrogen and oxygen atoms in total. The van der Waals surface area contributed by atoms with Gasteiger partial charge in [0.2, 0.25) is 11.6 Å². The average Bonchev–Trinajstić information content (AvgIpc) is 3.15. The van der Waals surface area contributed by atoms with E-state index in [1.54, 1.807) is 7.11 Å². The predicted molar refractivity (Wildman–Crippen MR) is 122 cm³/mol. The summed E-state index contributed by atoms with van der Waals surface area (Å²) < 4.78 is 6.12. The van der Waals surface area contributed by atoms with Crippen LogP contribution in [0.5, 0.6) is 5.75 Å². The van der Waals surface area contributed by atoms with Crippen LogP contribution < -0.4 is 15.4 Å². The number of thiazole rings is 1. The number of benzene rings is 2. The minimum atomic E-state index is -0.510. The lowest BCUT2D eigenvalue weighted by atomic mass is 10.0. The van der Waals surface area contributed by atoms with Crippen LogP contribution in [0.15, 0.2) is 48.8 Å². The first kappa shape index (κ1) is 20.5. The molecule has 0 aliphatic rings. The molecular formula is C21H20N6O3S. The minimum Gasteiger partial charge on any atom is -0.497 e. The molecule has 0 radical (unpaired) electrons. The summed E-state index contributed by atoms with van der Waals surface area (Å²) in [6.07, 6.45) is 1.27. The quantitative estimate of drug-likeness (QED) is 0.284. The SMILES string of the molecule is COc1ccc2nc(Nc3ncnc(Nc4ccc(C(C)C)cc4)c3[N+](=O)[O-])sc2c1. The Morgan fingerprint density at radius 3 is 2.42 bits per heavy atom. The van der Waals surface area contributed by atoms with Gasteiger partial charge >= 0.3 is 5.69 Å².